The van der Waals surface area contributed by atoms with E-state index in [-0.39, 0.29) is 5.78 Å². The molecule has 1 saturated carbocycles. The second-order valence-corrected chi connectivity index (χ2v) is 4.79. The van der Waals surface area contributed by atoms with Crippen LogP contribution in [0.15, 0.2) is 22.7 Å². The zero-order chi connectivity index (χ0) is 11.8. The van der Waals surface area contributed by atoms with Crippen molar-refractivity contribution in [1.82, 2.24) is 0 Å². The molecule has 2 rings (SSSR count). The third-order valence-electron chi connectivity index (χ3n) is 2.90. The van der Waals surface area contributed by atoms with Gasteiger partial charge in [0, 0.05) is 17.3 Å². The maximum absolute atomic E-state index is 11.1. The molecule has 3 nitrogen and oxygen atoms in total. The second kappa shape index (κ2) is 3.91. The molecule has 1 aromatic carbocycles. The molecular formula is C12H10BrNO2. The van der Waals surface area contributed by atoms with Crippen LogP contribution in [0.25, 0.3) is 0 Å². The van der Waals surface area contributed by atoms with Crippen LogP contribution in [0.1, 0.15) is 18.4 Å². The first kappa shape index (κ1) is 11.2. The number of hydrogen-bond acceptors (Lipinski definition) is 3. The predicted molar refractivity (Wildman–Crippen MR) is 62.2 cm³/mol. The number of halogens is 1. The molecular weight excluding hydrogens is 270 g/mol. The van der Waals surface area contributed by atoms with Crippen molar-refractivity contribution in [1.29, 1.82) is 5.26 Å². The third kappa shape index (κ3) is 1.61. The minimum Gasteiger partial charge on any atom is -0.497 e. The fourth-order valence-corrected chi connectivity index (χ4v) is 2.58. The summed E-state index contributed by atoms with van der Waals surface area (Å²) in [6.07, 6.45) is 0.602. The van der Waals surface area contributed by atoms with Gasteiger partial charge in [-0.1, -0.05) is 15.9 Å². The van der Waals surface area contributed by atoms with Crippen LogP contribution in [0.3, 0.4) is 0 Å². The number of nitrogens with zero attached hydrogens (tertiary/aromatic N) is 1. The van der Waals surface area contributed by atoms with E-state index in [1.54, 1.807) is 7.11 Å². The molecule has 82 valence electrons. The SMILES string of the molecule is COc1ccc(Br)c(C2(C#N)CC(=O)C2)c1. The summed E-state index contributed by atoms with van der Waals surface area (Å²) in [5.74, 6) is 0.837. The van der Waals surface area contributed by atoms with Gasteiger partial charge in [0.15, 0.2) is 0 Å². The Morgan fingerprint density at radius 2 is 2.19 bits per heavy atom. The van der Waals surface area contributed by atoms with Gasteiger partial charge in [0.2, 0.25) is 0 Å². The van der Waals surface area contributed by atoms with Gasteiger partial charge in [-0.2, -0.15) is 5.26 Å². The summed E-state index contributed by atoms with van der Waals surface area (Å²) in [5.41, 5.74) is 0.179. The largest absolute Gasteiger partial charge is 0.497 e. The van der Waals surface area contributed by atoms with E-state index in [4.69, 9.17) is 4.74 Å². The van der Waals surface area contributed by atoms with Crippen LogP contribution >= 0.6 is 15.9 Å². The Balaban J connectivity index is 2.47. The molecule has 4 heteroatoms. The molecule has 0 bridgehead atoms. The number of carbonyl (C=O) groups excluding carboxylic acids is 1. The zero-order valence-electron chi connectivity index (χ0n) is 8.79. The van der Waals surface area contributed by atoms with Gasteiger partial charge < -0.3 is 4.74 Å². The highest BCUT2D eigenvalue weighted by Gasteiger charge is 2.46. The number of nitriles is 1. The van der Waals surface area contributed by atoms with Crippen LogP contribution in [0.2, 0.25) is 0 Å². The lowest BCUT2D eigenvalue weighted by Crippen LogP contribution is -2.40. The first-order valence-electron chi connectivity index (χ1n) is 4.88. The lowest BCUT2D eigenvalue weighted by atomic mass is 9.65. The quantitative estimate of drug-likeness (QED) is 0.836. The number of methoxy groups -OCH3 is 1. The topological polar surface area (TPSA) is 50.1 Å². The summed E-state index contributed by atoms with van der Waals surface area (Å²) in [7, 11) is 1.58. The Morgan fingerprint density at radius 1 is 1.50 bits per heavy atom. The third-order valence-corrected chi connectivity index (χ3v) is 3.59. The monoisotopic (exact) mass is 279 g/mol. The van der Waals surface area contributed by atoms with E-state index in [1.165, 1.54) is 0 Å². The molecule has 1 aliphatic carbocycles. The summed E-state index contributed by atoms with van der Waals surface area (Å²) >= 11 is 3.41. The highest BCUT2D eigenvalue weighted by atomic mass is 79.9. The van der Waals surface area contributed by atoms with E-state index in [0.717, 1.165) is 10.0 Å². The minimum atomic E-state index is -0.662. The average molecular weight is 280 g/mol. The molecule has 0 aliphatic heterocycles. The molecule has 0 heterocycles. The molecule has 1 aliphatic rings. The molecule has 1 fully saturated rings. The summed E-state index contributed by atoms with van der Waals surface area (Å²) in [6, 6.07) is 7.73. The molecule has 0 N–H and O–H groups in total. The Bertz CT molecular complexity index is 482. The lowest BCUT2D eigenvalue weighted by molar-refractivity contribution is -0.126. The number of ether oxygens (including phenoxy) is 1. The van der Waals surface area contributed by atoms with Crippen LogP contribution < -0.4 is 4.74 Å². The van der Waals surface area contributed by atoms with Gasteiger partial charge in [-0.15, -0.1) is 0 Å². The Morgan fingerprint density at radius 3 is 2.69 bits per heavy atom. The number of carbonyl (C=O) groups is 1. The van der Waals surface area contributed by atoms with Crippen molar-refractivity contribution < 1.29 is 9.53 Å². The van der Waals surface area contributed by atoms with Gasteiger partial charge in [0.05, 0.1) is 18.6 Å². The smallest absolute Gasteiger partial charge is 0.136 e. The highest BCUT2D eigenvalue weighted by molar-refractivity contribution is 9.10. The lowest BCUT2D eigenvalue weighted by Gasteiger charge is -2.34. The van der Waals surface area contributed by atoms with Crippen molar-refractivity contribution in [3.8, 4) is 11.8 Å². The van der Waals surface area contributed by atoms with Gasteiger partial charge in [0.1, 0.15) is 11.5 Å². The number of Topliss-reactive ketones (excluding diaryl/α,β-unsaturated/α-hetero) is 1. The Labute approximate surface area is 102 Å². The van der Waals surface area contributed by atoms with Crippen LogP contribution in [0.4, 0.5) is 0 Å². The fourth-order valence-electron chi connectivity index (χ4n) is 1.95. The van der Waals surface area contributed by atoms with Crippen molar-refractivity contribution in [2.75, 3.05) is 7.11 Å². The maximum Gasteiger partial charge on any atom is 0.136 e. The van der Waals surface area contributed by atoms with E-state index in [1.807, 2.05) is 18.2 Å². The van der Waals surface area contributed by atoms with E-state index in [0.29, 0.717) is 18.6 Å². The summed E-state index contributed by atoms with van der Waals surface area (Å²) in [4.78, 5) is 11.1. The fraction of sp³-hybridized carbons (Fsp3) is 0.333. The molecule has 0 atom stereocenters. The van der Waals surface area contributed by atoms with E-state index in [9.17, 15) is 10.1 Å². The van der Waals surface area contributed by atoms with Crippen LogP contribution in [-0.4, -0.2) is 12.9 Å². The van der Waals surface area contributed by atoms with Gasteiger partial charge in [-0.05, 0) is 23.8 Å². The van der Waals surface area contributed by atoms with Crippen LogP contribution in [-0.2, 0) is 10.2 Å². The minimum absolute atomic E-state index is 0.135. The first-order valence-corrected chi connectivity index (χ1v) is 5.67. The van der Waals surface area contributed by atoms with Crippen molar-refractivity contribution >= 4 is 21.7 Å². The van der Waals surface area contributed by atoms with E-state index in [2.05, 4.69) is 22.0 Å². The Kier molecular flexibility index (Phi) is 2.73. The van der Waals surface area contributed by atoms with Gasteiger partial charge >= 0.3 is 0 Å². The van der Waals surface area contributed by atoms with Crippen molar-refractivity contribution in [3.05, 3.63) is 28.2 Å². The highest BCUT2D eigenvalue weighted by Crippen LogP contribution is 2.44. The summed E-state index contributed by atoms with van der Waals surface area (Å²) in [5, 5.41) is 9.23. The molecule has 0 radical (unpaired) electrons. The molecule has 0 saturated heterocycles. The maximum atomic E-state index is 11.1. The van der Waals surface area contributed by atoms with Gasteiger partial charge in [-0.3, -0.25) is 4.79 Å². The van der Waals surface area contributed by atoms with Crippen LogP contribution in [0, 0.1) is 11.3 Å². The molecule has 0 aromatic heterocycles. The van der Waals surface area contributed by atoms with Crippen molar-refractivity contribution in [2.24, 2.45) is 0 Å². The summed E-state index contributed by atoms with van der Waals surface area (Å²) in [6.45, 7) is 0. The van der Waals surface area contributed by atoms with Gasteiger partial charge in [-0.25, -0.2) is 0 Å². The normalized spacial score (nSPS) is 17.4. The number of rotatable bonds is 2. The molecule has 0 amide bonds. The summed E-state index contributed by atoms with van der Waals surface area (Å²) < 4.78 is 5.98. The first-order chi connectivity index (χ1) is 7.61. The van der Waals surface area contributed by atoms with Crippen molar-refractivity contribution in [2.45, 2.75) is 18.3 Å². The van der Waals surface area contributed by atoms with E-state index < -0.39 is 5.41 Å². The van der Waals surface area contributed by atoms with Crippen molar-refractivity contribution in [3.63, 3.8) is 0 Å². The molecule has 1 aromatic rings. The molecule has 0 spiro atoms. The average Bonchev–Trinajstić information content (AvgIpc) is 2.25. The number of ketones is 1. The number of benzene rings is 1. The Hall–Kier alpha value is -1.34. The standard InChI is InChI=1S/C12H10BrNO2/c1-16-9-2-3-11(13)10(4-9)12(7-14)5-8(15)6-12/h2-4H,5-6H2,1H3. The molecule has 0 unspecified atom stereocenters. The number of hydrogen-bond donors (Lipinski definition) is 0. The zero-order valence-corrected chi connectivity index (χ0v) is 10.4. The predicted octanol–water partition coefficient (Wildman–Crippen LogP) is 2.58. The molecule has 16 heavy (non-hydrogen) atoms. The van der Waals surface area contributed by atoms with Gasteiger partial charge in [0.25, 0.3) is 0 Å². The van der Waals surface area contributed by atoms with Crippen LogP contribution in [0.5, 0.6) is 5.75 Å². The van der Waals surface area contributed by atoms with E-state index >= 15 is 0 Å². The second-order valence-electron chi connectivity index (χ2n) is 3.93.